The summed E-state index contributed by atoms with van der Waals surface area (Å²) in [5.74, 6) is -4.20. The summed E-state index contributed by atoms with van der Waals surface area (Å²) in [6.45, 7) is -1.15. The number of carbonyl (C=O) groups is 1. The molecule has 5 heteroatoms. The summed E-state index contributed by atoms with van der Waals surface area (Å²) >= 11 is 0. The molecule has 0 amide bonds. The van der Waals surface area contributed by atoms with Crippen LogP contribution in [-0.2, 0) is 10.7 Å². The Balaban J connectivity index is 2.56. The second-order valence-corrected chi connectivity index (χ2v) is 3.07. The second-order valence-electron chi connectivity index (χ2n) is 3.07. The molecular weight excluding hydrogens is 204 g/mol. The van der Waals surface area contributed by atoms with Crippen molar-refractivity contribution < 1.29 is 18.7 Å². The number of carboxylic acid groups (broad SMARTS) is 1. The van der Waals surface area contributed by atoms with E-state index in [0.717, 1.165) is 0 Å². The van der Waals surface area contributed by atoms with Crippen molar-refractivity contribution >= 4 is 5.97 Å². The number of carboxylic acids is 1. The third-order valence-corrected chi connectivity index (χ3v) is 1.82. The molecule has 0 aliphatic heterocycles. The Bertz CT molecular complexity index is 327. The van der Waals surface area contributed by atoms with Gasteiger partial charge in [-0.05, 0) is 0 Å². The minimum Gasteiger partial charge on any atom is -0.480 e. The maximum atomic E-state index is 13.4. The minimum absolute atomic E-state index is 0.122. The molecule has 0 aliphatic carbocycles. The van der Waals surface area contributed by atoms with Gasteiger partial charge in [0.1, 0.15) is 0 Å². The topological polar surface area (TPSA) is 49.3 Å². The lowest BCUT2D eigenvalue weighted by Crippen LogP contribution is -2.33. The summed E-state index contributed by atoms with van der Waals surface area (Å²) in [5.41, 5.74) is -0.122. The quantitative estimate of drug-likeness (QED) is 0.781. The Labute approximate surface area is 85.7 Å². The number of alkyl halides is 2. The molecule has 0 aliphatic rings. The van der Waals surface area contributed by atoms with Crippen molar-refractivity contribution in [2.24, 2.45) is 0 Å². The predicted molar refractivity (Wildman–Crippen MR) is 50.8 cm³/mol. The zero-order chi connectivity index (χ0) is 11.3. The van der Waals surface area contributed by atoms with E-state index in [2.05, 4.69) is 5.32 Å². The van der Waals surface area contributed by atoms with Gasteiger partial charge in [0.05, 0.1) is 13.1 Å². The highest BCUT2D eigenvalue weighted by Crippen LogP contribution is 2.26. The number of hydrogen-bond donors (Lipinski definition) is 2. The van der Waals surface area contributed by atoms with Crippen LogP contribution in [0.25, 0.3) is 0 Å². The summed E-state index contributed by atoms with van der Waals surface area (Å²) in [5, 5.41) is 10.4. The van der Waals surface area contributed by atoms with Crippen LogP contribution in [0.15, 0.2) is 30.3 Å². The van der Waals surface area contributed by atoms with Crippen LogP contribution >= 0.6 is 0 Å². The number of rotatable bonds is 5. The van der Waals surface area contributed by atoms with E-state index in [0.29, 0.717) is 0 Å². The molecule has 3 nitrogen and oxygen atoms in total. The van der Waals surface area contributed by atoms with Gasteiger partial charge in [-0.15, -0.1) is 0 Å². The van der Waals surface area contributed by atoms with Crippen molar-refractivity contribution in [2.75, 3.05) is 13.1 Å². The lowest BCUT2D eigenvalue weighted by molar-refractivity contribution is -0.136. The summed E-state index contributed by atoms with van der Waals surface area (Å²) in [4.78, 5) is 10.1. The van der Waals surface area contributed by atoms with E-state index < -0.39 is 25.0 Å². The van der Waals surface area contributed by atoms with Crippen molar-refractivity contribution in [1.82, 2.24) is 5.32 Å². The SMILES string of the molecule is O=C(O)CNCC(F)(F)c1ccccc1. The summed E-state index contributed by atoms with van der Waals surface area (Å²) in [6.07, 6.45) is 0. The largest absolute Gasteiger partial charge is 0.480 e. The molecule has 1 rings (SSSR count). The van der Waals surface area contributed by atoms with Crippen molar-refractivity contribution in [1.29, 1.82) is 0 Å². The lowest BCUT2D eigenvalue weighted by Gasteiger charge is -2.16. The Morgan fingerprint density at radius 3 is 2.47 bits per heavy atom. The van der Waals surface area contributed by atoms with Gasteiger partial charge < -0.3 is 10.4 Å². The summed E-state index contributed by atoms with van der Waals surface area (Å²) < 4.78 is 26.7. The molecule has 15 heavy (non-hydrogen) atoms. The maximum Gasteiger partial charge on any atom is 0.317 e. The first-order chi connectivity index (χ1) is 7.02. The molecule has 2 N–H and O–H groups in total. The Morgan fingerprint density at radius 1 is 1.33 bits per heavy atom. The number of nitrogens with one attached hydrogen (secondary N) is 1. The van der Waals surface area contributed by atoms with Gasteiger partial charge >= 0.3 is 5.97 Å². The highest BCUT2D eigenvalue weighted by Gasteiger charge is 2.30. The molecule has 0 spiro atoms. The average Bonchev–Trinajstić information content (AvgIpc) is 2.18. The van der Waals surface area contributed by atoms with Crippen LogP contribution in [0.1, 0.15) is 5.56 Å². The highest BCUT2D eigenvalue weighted by molar-refractivity contribution is 5.69. The van der Waals surface area contributed by atoms with E-state index in [1.807, 2.05) is 0 Å². The fourth-order valence-corrected chi connectivity index (χ4v) is 1.11. The van der Waals surface area contributed by atoms with Gasteiger partial charge in [-0.1, -0.05) is 30.3 Å². The van der Waals surface area contributed by atoms with Crippen LogP contribution in [0.3, 0.4) is 0 Å². The van der Waals surface area contributed by atoms with Gasteiger partial charge in [0, 0.05) is 5.56 Å². The van der Waals surface area contributed by atoms with Crippen LogP contribution in [0.2, 0.25) is 0 Å². The van der Waals surface area contributed by atoms with Crippen LogP contribution in [0, 0.1) is 0 Å². The smallest absolute Gasteiger partial charge is 0.317 e. The Kier molecular flexibility index (Phi) is 3.74. The van der Waals surface area contributed by atoms with E-state index in [1.54, 1.807) is 6.07 Å². The zero-order valence-electron chi connectivity index (χ0n) is 7.91. The van der Waals surface area contributed by atoms with Crippen molar-refractivity contribution in [2.45, 2.75) is 5.92 Å². The molecule has 82 valence electrons. The normalized spacial score (nSPS) is 11.3. The third-order valence-electron chi connectivity index (χ3n) is 1.82. The van der Waals surface area contributed by atoms with Gasteiger partial charge in [-0.3, -0.25) is 4.79 Å². The van der Waals surface area contributed by atoms with E-state index >= 15 is 0 Å². The first-order valence-electron chi connectivity index (χ1n) is 4.38. The fraction of sp³-hybridized carbons (Fsp3) is 0.300. The third kappa shape index (κ3) is 3.63. The molecule has 0 bridgehead atoms. The predicted octanol–water partition coefficient (Wildman–Crippen LogP) is 1.45. The molecule has 0 aromatic heterocycles. The second kappa shape index (κ2) is 4.84. The van der Waals surface area contributed by atoms with Crippen LogP contribution in [0.5, 0.6) is 0 Å². The highest BCUT2D eigenvalue weighted by atomic mass is 19.3. The molecule has 0 fully saturated rings. The van der Waals surface area contributed by atoms with Crippen molar-refractivity contribution in [3.05, 3.63) is 35.9 Å². The summed E-state index contributed by atoms with van der Waals surface area (Å²) in [6, 6.07) is 7.29. The standard InChI is InChI=1S/C10H11F2NO2/c11-10(12,7-13-6-9(14)15)8-4-2-1-3-5-8/h1-5,13H,6-7H2,(H,14,15). The zero-order valence-corrected chi connectivity index (χ0v) is 7.91. The van der Waals surface area contributed by atoms with Crippen molar-refractivity contribution in [3.63, 3.8) is 0 Å². The van der Waals surface area contributed by atoms with Gasteiger partial charge in [0.15, 0.2) is 0 Å². The molecule has 0 atom stereocenters. The van der Waals surface area contributed by atoms with Gasteiger partial charge in [-0.2, -0.15) is 8.78 Å². The molecule has 0 radical (unpaired) electrons. The van der Waals surface area contributed by atoms with E-state index in [1.165, 1.54) is 24.3 Å². The minimum atomic E-state index is -3.04. The molecular formula is C10H11F2NO2. The summed E-state index contributed by atoms with van der Waals surface area (Å²) in [7, 11) is 0. The number of aliphatic carboxylic acids is 1. The molecule has 0 unspecified atom stereocenters. The molecule has 0 saturated heterocycles. The van der Waals surface area contributed by atoms with Gasteiger partial charge in [0.25, 0.3) is 5.92 Å². The first-order valence-corrected chi connectivity index (χ1v) is 4.38. The number of halogens is 2. The number of benzene rings is 1. The Morgan fingerprint density at radius 2 is 1.93 bits per heavy atom. The first kappa shape index (κ1) is 11.6. The van der Waals surface area contributed by atoms with Crippen molar-refractivity contribution in [3.8, 4) is 0 Å². The van der Waals surface area contributed by atoms with Crippen LogP contribution in [-0.4, -0.2) is 24.2 Å². The maximum absolute atomic E-state index is 13.4. The van der Waals surface area contributed by atoms with E-state index in [-0.39, 0.29) is 5.56 Å². The van der Waals surface area contributed by atoms with E-state index in [4.69, 9.17) is 5.11 Å². The van der Waals surface area contributed by atoms with Gasteiger partial charge in [0.2, 0.25) is 0 Å². The van der Waals surface area contributed by atoms with Crippen LogP contribution in [0.4, 0.5) is 8.78 Å². The monoisotopic (exact) mass is 215 g/mol. The fourth-order valence-electron chi connectivity index (χ4n) is 1.11. The molecule has 1 aromatic rings. The Hall–Kier alpha value is -1.49. The lowest BCUT2D eigenvalue weighted by atomic mass is 10.1. The molecule has 1 aromatic carbocycles. The van der Waals surface area contributed by atoms with Gasteiger partial charge in [-0.25, -0.2) is 0 Å². The van der Waals surface area contributed by atoms with Crippen LogP contribution < -0.4 is 5.32 Å². The van der Waals surface area contributed by atoms with E-state index in [9.17, 15) is 13.6 Å². The molecule has 0 heterocycles. The average molecular weight is 215 g/mol. The molecule has 0 saturated carbocycles. The number of hydrogen-bond acceptors (Lipinski definition) is 2.